The molecular formula is C28H29N3O3S. The third-order valence-electron chi connectivity index (χ3n) is 5.72. The van der Waals surface area contributed by atoms with Gasteiger partial charge in [0.1, 0.15) is 11.5 Å². The number of imidazole rings is 1. The van der Waals surface area contributed by atoms with Gasteiger partial charge in [-0.15, -0.1) is 0 Å². The maximum Gasteiger partial charge on any atom is 0.231 e. The van der Waals surface area contributed by atoms with Crippen LogP contribution >= 0.6 is 11.8 Å². The molecule has 1 aromatic heterocycles. The van der Waals surface area contributed by atoms with Gasteiger partial charge in [-0.05, 0) is 47.9 Å². The lowest BCUT2D eigenvalue weighted by atomic mass is 9.98. The van der Waals surface area contributed by atoms with Gasteiger partial charge in [-0.3, -0.25) is 4.79 Å². The molecule has 0 saturated carbocycles. The summed E-state index contributed by atoms with van der Waals surface area (Å²) in [5.74, 6) is 1.71. The number of nitrogens with one attached hydrogen (secondary N) is 2. The number of aromatic nitrogens is 2. The van der Waals surface area contributed by atoms with E-state index in [0.29, 0.717) is 0 Å². The summed E-state index contributed by atoms with van der Waals surface area (Å²) in [4.78, 5) is 21.0. The molecular weight excluding hydrogens is 458 g/mol. The van der Waals surface area contributed by atoms with Gasteiger partial charge < -0.3 is 19.8 Å². The summed E-state index contributed by atoms with van der Waals surface area (Å²) in [6, 6.07) is 25.4. The number of methoxy groups -OCH3 is 2. The highest BCUT2D eigenvalue weighted by Gasteiger charge is 2.18. The van der Waals surface area contributed by atoms with Gasteiger partial charge in [0.2, 0.25) is 5.91 Å². The zero-order valence-electron chi connectivity index (χ0n) is 20.1. The molecule has 0 unspecified atom stereocenters. The average Bonchev–Trinajstić information content (AvgIpc) is 3.25. The first kappa shape index (κ1) is 24.4. The third-order valence-corrected chi connectivity index (χ3v) is 6.60. The van der Waals surface area contributed by atoms with Gasteiger partial charge in [0.05, 0.1) is 31.7 Å². The Morgan fingerprint density at radius 2 is 1.49 bits per heavy atom. The van der Waals surface area contributed by atoms with Crippen LogP contribution in [0.4, 0.5) is 0 Å². The topological polar surface area (TPSA) is 76.2 Å². The number of carbonyl (C=O) groups excluding carboxylic acids is 1. The number of hydrogen-bond donors (Lipinski definition) is 2. The second-order valence-electron chi connectivity index (χ2n) is 8.11. The number of aryl methyl sites for hydroxylation is 1. The summed E-state index contributed by atoms with van der Waals surface area (Å²) < 4.78 is 10.6. The van der Waals surface area contributed by atoms with Gasteiger partial charge in [0, 0.05) is 12.1 Å². The number of hydrogen-bond acceptors (Lipinski definition) is 5. The predicted molar refractivity (Wildman–Crippen MR) is 139 cm³/mol. The fourth-order valence-electron chi connectivity index (χ4n) is 3.79. The average molecular weight is 488 g/mol. The molecule has 1 amide bonds. The van der Waals surface area contributed by atoms with Crippen LogP contribution in [0.15, 0.2) is 84.0 Å². The molecule has 180 valence electrons. The van der Waals surface area contributed by atoms with Crippen LogP contribution in [0, 0.1) is 6.92 Å². The van der Waals surface area contributed by atoms with Crippen molar-refractivity contribution in [1.82, 2.24) is 15.3 Å². The van der Waals surface area contributed by atoms with E-state index in [4.69, 9.17) is 14.5 Å². The van der Waals surface area contributed by atoms with Crippen molar-refractivity contribution in [3.8, 4) is 11.5 Å². The second-order valence-corrected chi connectivity index (χ2v) is 9.08. The summed E-state index contributed by atoms with van der Waals surface area (Å²) in [5, 5.41) is 3.92. The van der Waals surface area contributed by atoms with Gasteiger partial charge in [-0.2, -0.15) is 0 Å². The zero-order chi connectivity index (χ0) is 24.6. The number of ether oxygens (including phenoxy) is 2. The van der Waals surface area contributed by atoms with Crippen LogP contribution < -0.4 is 14.8 Å². The standard InChI is InChI=1S/C28H29N3O3S/c1-19-25(17-20-7-5-4-6-8-20)30-28(29-19)35-18-26(32)31-27(21-9-13-23(33-2)14-10-21)22-11-15-24(34-3)16-12-22/h4-16,27H,17-18H2,1-3H3,(H,29,30)(H,31,32). The van der Waals surface area contributed by atoms with Crippen molar-refractivity contribution in [1.29, 1.82) is 0 Å². The molecule has 7 heteroatoms. The van der Waals surface area contributed by atoms with Gasteiger partial charge in [-0.1, -0.05) is 66.4 Å². The van der Waals surface area contributed by atoms with E-state index in [9.17, 15) is 4.79 Å². The summed E-state index contributed by atoms with van der Waals surface area (Å²) >= 11 is 1.40. The molecule has 2 N–H and O–H groups in total. The Bertz CT molecular complexity index is 1190. The fraction of sp³-hybridized carbons (Fsp3) is 0.214. The van der Waals surface area contributed by atoms with E-state index < -0.39 is 0 Å². The normalized spacial score (nSPS) is 10.9. The van der Waals surface area contributed by atoms with E-state index in [-0.39, 0.29) is 17.7 Å². The highest BCUT2D eigenvalue weighted by atomic mass is 32.2. The molecule has 35 heavy (non-hydrogen) atoms. The van der Waals surface area contributed by atoms with Gasteiger partial charge in [-0.25, -0.2) is 4.98 Å². The monoisotopic (exact) mass is 487 g/mol. The number of aromatic amines is 1. The van der Waals surface area contributed by atoms with Crippen LogP contribution in [0.25, 0.3) is 0 Å². The minimum atomic E-state index is -0.299. The Morgan fingerprint density at radius 3 is 2.03 bits per heavy atom. The minimum absolute atomic E-state index is 0.0784. The van der Waals surface area contributed by atoms with E-state index in [1.807, 2.05) is 73.7 Å². The number of H-pyrrole nitrogens is 1. The summed E-state index contributed by atoms with van der Waals surface area (Å²) in [7, 11) is 3.27. The smallest absolute Gasteiger partial charge is 0.231 e. The Labute approximate surface area is 210 Å². The number of thioether (sulfide) groups is 1. The van der Waals surface area contributed by atoms with E-state index >= 15 is 0 Å². The van der Waals surface area contributed by atoms with Gasteiger partial charge in [0.25, 0.3) is 0 Å². The molecule has 0 aliphatic carbocycles. The van der Waals surface area contributed by atoms with Gasteiger partial charge in [0.15, 0.2) is 5.16 Å². The lowest BCUT2D eigenvalue weighted by Crippen LogP contribution is -2.30. The minimum Gasteiger partial charge on any atom is -0.497 e. The zero-order valence-corrected chi connectivity index (χ0v) is 20.9. The van der Waals surface area contributed by atoms with Crippen LogP contribution in [0.5, 0.6) is 11.5 Å². The first-order chi connectivity index (χ1) is 17.1. The summed E-state index contributed by atoms with van der Waals surface area (Å²) in [5.41, 5.74) is 5.15. The molecule has 0 atom stereocenters. The molecule has 0 aliphatic rings. The molecule has 0 fully saturated rings. The number of nitrogens with zero attached hydrogens (tertiary/aromatic N) is 1. The fourth-order valence-corrected chi connectivity index (χ4v) is 4.54. The molecule has 6 nitrogen and oxygen atoms in total. The van der Waals surface area contributed by atoms with Crippen molar-refractivity contribution in [2.75, 3.05) is 20.0 Å². The quantitative estimate of drug-likeness (QED) is 0.296. The Hall–Kier alpha value is -3.71. The Morgan fingerprint density at radius 1 is 0.914 bits per heavy atom. The Kier molecular flexibility index (Phi) is 8.11. The molecule has 4 aromatic rings. The van der Waals surface area contributed by atoms with Crippen molar-refractivity contribution in [2.45, 2.75) is 24.5 Å². The van der Waals surface area contributed by atoms with Crippen molar-refractivity contribution in [3.63, 3.8) is 0 Å². The third kappa shape index (κ3) is 6.45. The number of carbonyl (C=O) groups is 1. The first-order valence-corrected chi connectivity index (χ1v) is 12.3. The summed E-state index contributed by atoms with van der Waals surface area (Å²) in [6.07, 6.45) is 0.757. The van der Waals surface area contributed by atoms with Crippen LogP contribution in [0.3, 0.4) is 0 Å². The van der Waals surface area contributed by atoms with Crippen molar-refractivity contribution in [3.05, 3.63) is 107 Å². The van der Waals surface area contributed by atoms with E-state index in [1.54, 1.807) is 14.2 Å². The predicted octanol–water partition coefficient (Wildman–Crippen LogP) is 5.32. The van der Waals surface area contributed by atoms with E-state index in [0.717, 1.165) is 45.6 Å². The second kappa shape index (κ2) is 11.6. The van der Waals surface area contributed by atoms with Crippen molar-refractivity contribution in [2.24, 2.45) is 0 Å². The van der Waals surface area contributed by atoms with Crippen LogP contribution in [0.1, 0.15) is 34.1 Å². The van der Waals surface area contributed by atoms with Gasteiger partial charge >= 0.3 is 0 Å². The largest absolute Gasteiger partial charge is 0.497 e. The molecule has 0 radical (unpaired) electrons. The first-order valence-electron chi connectivity index (χ1n) is 11.3. The van der Waals surface area contributed by atoms with Crippen molar-refractivity contribution >= 4 is 17.7 Å². The summed E-state index contributed by atoms with van der Waals surface area (Å²) in [6.45, 7) is 2.01. The molecule has 0 saturated heterocycles. The van der Waals surface area contributed by atoms with Crippen LogP contribution in [0.2, 0.25) is 0 Å². The molecule has 0 bridgehead atoms. The Balaban J connectivity index is 1.44. The molecule has 4 rings (SSSR count). The van der Waals surface area contributed by atoms with E-state index in [1.165, 1.54) is 17.3 Å². The number of benzene rings is 3. The number of rotatable bonds is 10. The lowest BCUT2D eigenvalue weighted by Gasteiger charge is -2.20. The van der Waals surface area contributed by atoms with Crippen molar-refractivity contribution < 1.29 is 14.3 Å². The maximum absolute atomic E-state index is 13.0. The lowest BCUT2D eigenvalue weighted by molar-refractivity contribution is -0.119. The highest BCUT2D eigenvalue weighted by Crippen LogP contribution is 2.26. The van der Waals surface area contributed by atoms with E-state index in [2.05, 4.69) is 22.4 Å². The molecule has 1 heterocycles. The number of amides is 1. The molecule has 0 aliphatic heterocycles. The molecule has 0 spiro atoms. The van der Waals surface area contributed by atoms with Crippen LogP contribution in [-0.4, -0.2) is 35.8 Å². The maximum atomic E-state index is 13.0. The SMILES string of the molecule is COc1ccc(C(NC(=O)CSc2nc(Cc3ccccc3)c(C)[nH]2)c2ccc(OC)cc2)cc1. The highest BCUT2D eigenvalue weighted by molar-refractivity contribution is 7.99. The van der Waals surface area contributed by atoms with Crippen LogP contribution in [-0.2, 0) is 11.2 Å². The molecule has 3 aromatic carbocycles.